The lowest BCUT2D eigenvalue weighted by Crippen LogP contribution is -2.62. The number of rotatable bonds is 4. The van der Waals surface area contributed by atoms with Crippen LogP contribution in [0.2, 0.25) is 0 Å². The summed E-state index contributed by atoms with van der Waals surface area (Å²) >= 11 is 0. The van der Waals surface area contributed by atoms with E-state index in [1.165, 1.54) is 51.4 Å². The van der Waals surface area contributed by atoms with Crippen LogP contribution in [-0.4, -0.2) is 36.5 Å². The van der Waals surface area contributed by atoms with Crippen molar-refractivity contribution in [1.29, 1.82) is 0 Å². The average Bonchev–Trinajstić information content (AvgIpc) is 2.67. The van der Waals surface area contributed by atoms with Crippen LogP contribution < -0.4 is 5.32 Å². The van der Waals surface area contributed by atoms with E-state index in [0.29, 0.717) is 6.04 Å². The molecule has 0 spiro atoms. The van der Waals surface area contributed by atoms with E-state index in [2.05, 4.69) is 5.32 Å². The summed E-state index contributed by atoms with van der Waals surface area (Å²) in [5.41, 5.74) is -0.179. The third-order valence-electron chi connectivity index (χ3n) is 4.87. The molecule has 2 N–H and O–H groups in total. The highest BCUT2D eigenvalue weighted by atomic mass is 16.5. The molecule has 0 saturated heterocycles. The first-order valence-corrected chi connectivity index (χ1v) is 7.72. The summed E-state index contributed by atoms with van der Waals surface area (Å²) in [6.45, 7) is 0.210. The predicted molar refractivity (Wildman–Crippen MR) is 73.7 cm³/mol. The SMILES string of the molecule is COC1CCCCC1(CO)NC1CCCCCC1. The van der Waals surface area contributed by atoms with E-state index in [1.54, 1.807) is 7.11 Å². The second-order valence-electron chi connectivity index (χ2n) is 6.12. The smallest absolute Gasteiger partial charge is 0.0775 e. The lowest BCUT2D eigenvalue weighted by atomic mass is 9.78. The molecule has 0 aromatic heterocycles. The van der Waals surface area contributed by atoms with Crippen LogP contribution in [0, 0.1) is 0 Å². The van der Waals surface area contributed by atoms with Gasteiger partial charge in [-0.2, -0.15) is 0 Å². The molecule has 0 heterocycles. The van der Waals surface area contributed by atoms with Gasteiger partial charge in [-0.15, -0.1) is 0 Å². The standard InChI is InChI=1S/C15H29NO2/c1-18-14-10-6-7-11-15(14,12-17)16-13-8-4-2-3-5-9-13/h13-14,16-17H,2-12H2,1H3. The summed E-state index contributed by atoms with van der Waals surface area (Å²) in [7, 11) is 1.79. The first-order valence-electron chi connectivity index (χ1n) is 7.72. The molecule has 3 nitrogen and oxygen atoms in total. The highest BCUT2D eigenvalue weighted by molar-refractivity contribution is 5.00. The van der Waals surface area contributed by atoms with Gasteiger partial charge in [-0.25, -0.2) is 0 Å². The van der Waals surface area contributed by atoms with Crippen LogP contribution in [0.25, 0.3) is 0 Å². The van der Waals surface area contributed by atoms with E-state index < -0.39 is 0 Å². The summed E-state index contributed by atoms with van der Waals surface area (Å²) in [5.74, 6) is 0. The van der Waals surface area contributed by atoms with Crippen LogP contribution in [0.1, 0.15) is 64.2 Å². The minimum absolute atomic E-state index is 0.179. The first-order chi connectivity index (χ1) is 8.80. The van der Waals surface area contributed by atoms with Crippen molar-refractivity contribution in [2.45, 2.75) is 81.9 Å². The quantitative estimate of drug-likeness (QED) is 0.759. The van der Waals surface area contributed by atoms with Crippen molar-refractivity contribution in [3.8, 4) is 0 Å². The fourth-order valence-electron chi connectivity index (χ4n) is 3.77. The van der Waals surface area contributed by atoms with Crippen molar-refractivity contribution < 1.29 is 9.84 Å². The predicted octanol–water partition coefficient (Wildman–Crippen LogP) is 2.62. The maximum atomic E-state index is 9.90. The zero-order chi connectivity index (χ0) is 12.8. The second-order valence-corrected chi connectivity index (χ2v) is 6.12. The molecule has 0 amide bonds. The van der Waals surface area contributed by atoms with Gasteiger partial charge in [0.1, 0.15) is 0 Å². The molecule has 2 fully saturated rings. The van der Waals surface area contributed by atoms with Crippen LogP contribution in [0.4, 0.5) is 0 Å². The zero-order valence-electron chi connectivity index (χ0n) is 11.8. The summed E-state index contributed by atoms with van der Waals surface area (Å²) in [4.78, 5) is 0. The maximum absolute atomic E-state index is 9.90. The van der Waals surface area contributed by atoms with Crippen LogP contribution in [-0.2, 0) is 4.74 Å². The van der Waals surface area contributed by atoms with E-state index >= 15 is 0 Å². The maximum Gasteiger partial charge on any atom is 0.0775 e. The summed E-state index contributed by atoms with van der Waals surface area (Å²) in [5, 5.41) is 13.7. The second kappa shape index (κ2) is 6.88. The zero-order valence-corrected chi connectivity index (χ0v) is 11.8. The number of aliphatic hydroxyl groups is 1. The van der Waals surface area contributed by atoms with Gasteiger partial charge in [-0.05, 0) is 25.7 Å². The molecule has 2 aliphatic rings. The van der Waals surface area contributed by atoms with E-state index in [-0.39, 0.29) is 18.2 Å². The molecule has 0 bridgehead atoms. The molecule has 3 heteroatoms. The molecule has 2 atom stereocenters. The van der Waals surface area contributed by atoms with Gasteiger partial charge in [0.25, 0.3) is 0 Å². The monoisotopic (exact) mass is 255 g/mol. The van der Waals surface area contributed by atoms with Crippen LogP contribution >= 0.6 is 0 Å². The fraction of sp³-hybridized carbons (Fsp3) is 1.00. The molecular formula is C15H29NO2. The van der Waals surface area contributed by atoms with Gasteiger partial charge >= 0.3 is 0 Å². The number of hydrogen-bond donors (Lipinski definition) is 2. The van der Waals surface area contributed by atoms with Gasteiger partial charge < -0.3 is 15.2 Å². The van der Waals surface area contributed by atoms with Crippen molar-refractivity contribution in [2.75, 3.05) is 13.7 Å². The molecule has 2 unspecified atom stereocenters. The van der Waals surface area contributed by atoms with E-state index in [0.717, 1.165) is 12.8 Å². The van der Waals surface area contributed by atoms with E-state index in [9.17, 15) is 5.11 Å². The van der Waals surface area contributed by atoms with Crippen LogP contribution in [0.3, 0.4) is 0 Å². The van der Waals surface area contributed by atoms with Gasteiger partial charge in [0, 0.05) is 13.2 Å². The van der Waals surface area contributed by atoms with Crippen molar-refractivity contribution in [2.24, 2.45) is 0 Å². The molecule has 2 aliphatic carbocycles. The molecule has 2 rings (SSSR count). The fourth-order valence-corrected chi connectivity index (χ4v) is 3.77. The van der Waals surface area contributed by atoms with Gasteiger partial charge in [0.2, 0.25) is 0 Å². The average molecular weight is 255 g/mol. The minimum atomic E-state index is -0.179. The normalized spacial score (nSPS) is 35.3. The molecule has 0 aromatic carbocycles. The van der Waals surface area contributed by atoms with E-state index in [1.807, 2.05) is 0 Å². The topological polar surface area (TPSA) is 41.5 Å². The molecule has 106 valence electrons. The van der Waals surface area contributed by atoms with Gasteiger partial charge in [0.15, 0.2) is 0 Å². The Morgan fingerprint density at radius 1 is 1.06 bits per heavy atom. The molecule has 0 aliphatic heterocycles. The highest BCUT2D eigenvalue weighted by Crippen LogP contribution is 2.32. The lowest BCUT2D eigenvalue weighted by molar-refractivity contribution is -0.0441. The molecule has 0 radical (unpaired) electrons. The lowest BCUT2D eigenvalue weighted by Gasteiger charge is -2.45. The Balaban J connectivity index is 2.00. The molecule has 18 heavy (non-hydrogen) atoms. The highest BCUT2D eigenvalue weighted by Gasteiger charge is 2.41. The Bertz CT molecular complexity index is 239. The summed E-state index contributed by atoms with van der Waals surface area (Å²) in [6, 6.07) is 0.579. The van der Waals surface area contributed by atoms with Crippen molar-refractivity contribution in [3.63, 3.8) is 0 Å². The molecule has 2 saturated carbocycles. The third kappa shape index (κ3) is 3.25. The number of methoxy groups -OCH3 is 1. The Morgan fingerprint density at radius 2 is 1.72 bits per heavy atom. The first kappa shape index (κ1) is 14.3. The number of ether oxygens (including phenoxy) is 1. The van der Waals surface area contributed by atoms with E-state index in [4.69, 9.17) is 4.74 Å². The molecule has 0 aromatic rings. The Kier molecular flexibility index (Phi) is 5.46. The van der Waals surface area contributed by atoms with Crippen molar-refractivity contribution >= 4 is 0 Å². The van der Waals surface area contributed by atoms with Crippen molar-refractivity contribution in [3.05, 3.63) is 0 Å². The Hall–Kier alpha value is -0.120. The number of hydrogen-bond acceptors (Lipinski definition) is 3. The minimum Gasteiger partial charge on any atom is -0.394 e. The largest absolute Gasteiger partial charge is 0.394 e. The van der Waals surface area contributed by atoms with Gasteiger partial charge in [-0.1, -0.05) is 38.5 Å². The summed E-state index contributed by atoms with van der Waals surface area (Å²) < 4.78 is 5.65. The number of aliphatic hydroxyl groups excluding tert-OH is 1. The third-order valence-corrected chi connectivity index (χ3v) is 4.87. The van der Waals surface area contributed by atoms with Gasteiger partial charge in [0.05, 0.1) is 18.2 Å². The van der Waals surface area contributed by atoms with Crippen LogP contribution in [0.5, 0.6) is 0 Å². The summed E-state index contributed by atoms with van der Waals surface area (Å²) in [6.07, 6.45) is 12.7. The Morgan fingerprint density at radius 3 is 2.33 bits per heavy atom. The number of nitrogens with one attached hydrogen (secondary N) is 1. The van der Waals surface area contributed by atoms with Crippen LogP contribution in [0.15, 0.2) is 0 Å². The van der Waals surface area contributed by atoms with Gasteiger partial charge in [-0.3, -0.25) is 0 Å². The Labute approximate surface area is 111 Å². The van der Waals surface area contributed by atoms with Crippen molar-refractivity contribution in [1.82, 2.24) is 5.32 Å². The molecular weight excluding hydrogens is 226 g/mol.